The molecular formula is C28H20O2. The fraction of sp³-hybridized carbons (Fsp3) is 0.0714. The van der Waals surface area contributed by atoms with Crippen LogP contribution in [0.3, 0.4) is 0 Å². The fourth-order valence-corrected chi connectivity index (χ4v) is 4.79. The highest BCUT2D eigenvalue weighted by molar-refractivity contribution is 6.25. The summed E-state index contributed by atoms with van der Waals surface area (Å²) in [6.07, 6.45) is 0. The van der Waals surface area contributed by atoms with E-state index in [-0.39, 0.29) is 0 Å². The molecule has 6 aromatic rings. The maximum absolute atomic E-state index is 5.62. The molecular weight excluding hydrogens is 368 g/mol. The van der Waals surface area contributed by atoms with Crippen molar-refractivity contribution in [1.29, 1.82) is 0 Å². The first kappa shape index (κ1) is 17.1. The minimum Gasteiger partial charge on any atom is -0.497 e. The number of benzene rings is 6. The Morgan fingerprint density at radius 1 is 0.433 bits per heavy atom. The molecule has 0 unspecified atom stereocenters. The van der Waals surface area contributed by atoms with Gasteiger partial charge in [0.15, 0.2) is 0 Å². The molecule has 0 radical (unpaired) electrons. The lowest BCUT2D eigenvalue weighted by Gasteiger charge is -2.13. The van der Waals surface area contributed by atoms with Crippen LogP contribution in [0, 0.1) is 0 Å². The zero-order valence-electron chi connectivity index (χ0n) is 16.9. The monoisotopic (exact) mass is 388 g/mol. The van der Waals surface area contributed by atoms with Crippen molar-refractivity contribution in [3.63, 3.8) is 0 Å². The van der Waals surface area contributed by atoms with E-state index in [0.29, 0.717) is 0 Å². The smallest absolute Gasteiger partial charge is 0.130 e. The Balaban J connectivity index is 1.75. The van der Waals surface area contributed by atoms with E-state index in [1.165, 1.54) is 43.1 Å². The summed E-state index contributed by atoms with van der Waals surface area (Å²) in [5.74, 6) is 1.63. The number of methoxy groups -OCH3 is 2. The summed E-state index contributed by atoms with van der Waals surface area (Å²) in [6.45, 7) is 0. The second-order valence-corrected chi connectivity index (χ2v) is 7.69. The molecule has 0 aliphatic heterocycles. The van der Waals surface area contributed by atoms with E-state index < -0.39 is 0 Å². The summed E-state index contributed by atoms with van der Waals surface area (Å²) in [5.41, 5.74) is 0. The van der Waals surface area contributed by atoms with E-state index in [0.717, 1.165) is 22.3 Å². The molecule has 0 saturated heterocycles. The zero-order chi connectivity index (χ0) is 20.2. The Bertz CT molecular complexity index is 1610. The summed E-state index contributed by atoms with van der Waals surface area (Å²) in [6, 6.07) is 30.4. The van der Waals surface area contributed by atoms with Gasteiger partial charge in [-0.15, -0.1) is 0 Å². The molecule has 0 spiro atoms. The minimum absolute atomic E-state index is 0.803. The SMILES string of the molecule is COc1cc(OC)c2ccc3c(ccc4c5ccc6ccccc6c5ccc34)c2c1. The van der Waals surface area contributed by atoms with E-state index in [1.807, 2.05) is 6.07 Å². The molecule has 0 fully saturated rings. The Labute approximate surface area is 174 Å². The van der Waals surface area contributed by atoms with Gasteiger partial charge in [0.25, 0.3) is 0 Å². The second-order valence-electron chi connectivity index (χ2n) is 7.69. The third-order valence-corrected chi connectivity index (χ3v) is 6.24. The van der Waals surface area contributed by atoms with Crippen molar-refractivity contribution in [2.75, 3.05) is 14.2 Å². The third kappa shape index (κ3) is 2.31. The van der Waals surface area contributed by atoms with Crippen LogP contribution in [-0.4, -0.2) is 14.2 Å². The van der Waals surface area contributed by atoms with Crippen LogP contribution >= 0.6 is 0 Å². The molecule has 30 heavy (non-hydrogen) atoms. The minimum atomic E-state index is 0.803. The van der Waals surface area contributed by atoms with Crippen LogP contribution in [0.4, 0.5) is 0 Å². The molecule has 2 heteroatoms. The van der Waals surface area contributed by atoms with Gasteiger partial charge in [0.2, 0.25) is 0 Å². The normalized spacial score (nSPS) is 11.7. The number of rotatable bonds is 2. The van der Waals surface area contributed by atoms with Gasteiger partial charge in [-0.2, -0.15) is 0 Å². The molecule has 2 nitrogen and oxygen atoms in total. The maximum atomic E-state index is 5.62. The molecule has 0 saturated carbocycles. The predicted octanol–water partition coefficient (Wildman–Crippen LogP) is 7.47. The van der Waals surface area contributed by atoms with Crippen LogP contribution in [0.15, 0.2) is 84.9 Å². The molecule has 0 heterocycles. The lowest BCUT2D eigenvalue weighted by atomic mass is 9.92. The van der Waals surface area contributed by atoms with E-state index in [4.69, 9.17) is 9.47 Å². The first-order valence-corrected chi connectivity index (χ1v) is 10.1. The van der Waals surface area contributed by atoms with Crippen molar-refractivity contribution >= 4 is 53.9 Å². The summed E-state index contributed by atoms with van der Waals surface area (Å²) in [4.78, 5) is 0. The quantitative estimate of drug-likeness (QED) is 0.286. The predicted molar refractivity (Wildman–Crippen MR) is 127 cm³/mol. The molecule has 0 bridgehead atoms. The Morgan fingerprint density at radius 2 is 0.967 bits per heavy atom. The van der Waals surface area contributed by atoms with Crippen LogP contribution < -0.4 is 9.47 Å². The molecule has 144 valence electrons. The van der Waals surface area contributed by atoms with Crippen molar-refractivity contribution in [2.45, 2.75) is 0 Å². The average Bonchev–Trinajstić information content (AvgIpc) is 2.82. The van der Waals surface area contributed by atoms with Crippen molar-refractivity contribution in [1.82, 2.24) is 0 Å². The van der Waals surface area contributed by atoms with Gasteiger partial charge < -0.3 is 9.47 Å². The highest BCUT2D eigenvalue weighted by atomic mass is 16.5. The number of ether oxygens (including phenoxy) is 2. The third-order valence-electron chi connectivity index (χ3n) is 6.24. The molecule has 0 N–H and O–H groups in total. The zero-order valence-corrected chi connectivity index (χ0v) is 16.9. The van der Waals surface area contributed by atoms with Gasteiger partial charge in [-0.1, -0.05) is 66.7 Å². The van der Waals surface area contributed by atoms with Crippen LogP contribution in [0.1, 0.15) is 0 Å². The van der Waals surface area contributed by atoms with Gasteiger partial charge in [0.05, 0.1) is 14.2 Å². The van der Waals surface area contributed by atoms with Crippen LogP contribution in [0.2, 0.25) is 0 Å². The molecule has 0 aliphatic rings. The molecule has 6 rings (SSSR count). The van der Waals surface area contributed by atoms with Gasteiger partial charge in [0.1, 0.15) is 11.5 Å². The van der Waals surface area contributed by atoms with Gasteiger partial charge in [-0.3, -0.25) is 0 Å². The summed E-state index contributed by atoms with van der Waals surface area (Å²) in [7, 11) is 3.40. The fourth-order valence-electron chi connectivity index (χ4n) is 4.79. The van der Waals surface area contributed by atoms with E-state index >= 15 is 0 Å². The van der Waals surface area contributed by atoms with Crippen molar-refractivity contribution < 1.29 is 9.47 Å². The van der Waals surface area contributed by atoms with Gasteiger partial charge in [-0.25, -0.2) is 0 Å². The number of hydrogen-bond donors (Lipinski definition) is 0. The van der Waals surface area contributed by atoms with Gasteiger partial charge >= 0.3 is 0 Å². The van der Waals surface area contributed by atoms with E-state index in [1.54, 1.807) is 14.2 Å². The van der Waals surface area contributed by atoms with Gasteiger partial charge in [-0.05, 0) is 60.6 Å². The Kier molecular flexibility index (Phi) is 3.63. The van der Waals surface area contributed by atoms with Crippen LogP contribution in [0.5, 0.6) is 11.5 Å². The highest BCUT2D eigenvalue weighted by Gasteiger charge is 2.12. The molecule has 6 aromatic carbocycles. The molecule has 0 aromatic heterocycles. The van der Waals surface area contributed by atoms with Crippen molar-refractivity contribution in [2.24, 2.45) is 0 Å². The van der Waals surface area contributed by atoms with Crippen molar-refractivity contribution in [3.8, 4) is 11.5 Å². The maximum Gasteiger partial charge on any atom is 0.130 e. The van der Waals surface area contributed by atoms with Crippen LogP contribution in [-0.2, 0) is 0 Å². The summed E-state index contributed by atoms with van der Waals surface area (Å²) < 4.78 is 11.1. The highest BCUT2D eigenvalue weighted by Crippen LogP contribution is 2.40. The second kappa shape index (κ2) is 6.36. The standard InChI is InChI=1S/C28H20O2/c1-29-18-15-27-25-12-11-22-21-8-7-17-5-3-4-6-19(17)20(21)9-10-23(22)24(25)13-14-26(27)28(16-18)30-2/h3-16H,1-2H3. The Morgan fingerprint density at radius 3 is 1.60 bits per heavy atom. The number of fused-ring (bicyclic) bond motifs is 9. The topological polar surface area (TPSA) is 18.5 Å². The lowest BCUT2D eigenvalue weighted by Crippen LogP contribution is -1.90. The molecule has 0 aliphatic carbocycles. The van der Waals surface area contributed by atoms with Gasteiger partial charge in [0, 0.05) is 11.5 Å². The first-order valence-electron chi connectivity index (χ1n) is 10.1. The summed E-state index contributed by atoms with van der Waals surface area (Å²) >= 11 is 0. The average molecular weight is 388 g/mol. The van der Waals surface area contributed by atoms with E-state index in [9.17, 15) is 0 Å². The van der Waals surface area contributed by atoms with E-state index in [2.05, 4.69) is 78.9 Å². The first-order chi connectivity index (χ1) is 14.8. The molecule has 0 amide bonds. The van der Waals surface area contributed by atoms with Crippen molar-refractivity contribution in [3.05, 3.63) is 84.9 Å². The Hall–Kier alpha value is -3.78. The largest absolute Gasteiger partial charge is 0.497 e. The lowest BCUT2D eigenvalue weighted by molar-refractivity contribution is 0.398. The van der Waals surface area contributed by atoms with Crippen LogP contribution in [0.25, 0.3) is 53.9 Å². The summed E-state index contributed by atoms with van der Waals surface area (Å²) in [5, 5.41) is 12.4. The molecule has 0 atom stereocenters. The number of hydrogen-bond acceptors (Lipinski definition) is 2.